The Balaban J connectivity index is 1.93. The van der Waals surface area contributed by atoms with Crippen LogP contribution in [0.2, 0.25) is 0 Å². The number of hydrogen-bond donors (Lipinski definition) is 0. The molecule has 0 saturated heterocycles. The van der Waals surface area contributed by atoms with Crippen molar-refractivity contribution in [2.24, 2.45) is 0 Å². The third kappa shape index (κ3) is 6.39. The van der Waals surface area contributed by atoms with Crippen molar-refractivity contribution in [3.8, 4) is 17.2 Å². The van der Waals surface area contributed by atoms with Crippen LogP contribution in [0.25, 0.3) is 10.8 Å². The summed E-state index contributed by atoms with van der Waals surface area (Å²) in [4.78, 5) is 0. The van der Waals surface area contributed by atoms with Crippen LogP contribution in [-0.4, -0.2) is 25.2 Å². The number of rotatable bonds is 12. The van der Waals surface area contributed by atoms with Gasteiger partial charge in [-0.2, -0.15) is 0 Å². The van der Waals surface area contributed by atoms with Crippen molar-refractivity contribution >= 4 is 26.7 Å². The fourth-order valence-electron chi connectivity index (χ4n) is 3.01. The van der Waals surface area contributed by atoms with Crippen LogP contribution in [0.4, 0.5) is 0 Å². The Labute approximate surface area is 166 Å². The zero-order chi connectivity index (χ0) is 18.8. The van der Waals surface area contributed by atoms with Crippen LogP contribution < -0.4 is 14.2 Å². The lowest BCUT2D eigenvalue weighted by Crippen LogP contribution is -2.05. The van der Waals surface area contributed by atoms with Gasteiger partial charge in [-0.3, -0.25) is 0 Å². The maximum Gasteiger partial charge on any atom is 0.168 e. The van der Waals surface area contributed by atoms with E-state index in [1.54, 1.807) is 7.11 Å². The van der Waals surface area contributed by atoms with Crippen molar-refractivity contribution in [1.29, 1.82) is 0 Å². The molecule has 0 N–H and O–H groups in total. The van der Waals surface area contributed by atoms with Gasteiger partial charge in [0, 0.05) is 10.7 Å². The summed E-state index contributed by atoms with van der Waals surface area (Å²) < 4.78 is 17.4. The molecule has 0 aliphatic heterocycles. The second kappa shape index (κ2) is 11.3. The normalized spacial score (nSPS) is 11.1. The van der Waals surface area contributed by atoms with Crippen LogP contribution in [0.3, 0.4) is 0 Å². The molecular formula is C22H31BrO3. The average molecular weight is 423 g/mol. The topological polar surface area (TPSA) is 27.7 Å². The summed E-state index contributed by atoms with van der Waals surface area (Å²) in [7, 11) is 1.70. The van der Waals surface area contributed by atoms with Crippen molar-refractivity contribution in [3.63, 3.8) is 0 Å². The van der Waals surface area contributed by atoms with E-state index in [0.29, 0.717) is 0 Å². The molecule has 0 spiro atoms. The Morgan fingerprint density at radius 2 is 1.65 bits per heavy atom. The minimum atomic E-state index is 0.163. The van der Waals surface area contributed by atoms with E-state index in [2.05, 4.69) is 28.1 Å². The zero-order valence-corrected chi connectivity index (χ0v) is 17.8. The fraction of sp³-hybridized carbons (Fsp3) is 0.545. The quantitative estimate of drug-likeness (QED) is 0.279. The highest BCUT2D eigenvalue weighted by molar-refractivity contribution is 9.09. The van der Waals surface area contributed by atoms with E-state index in [4.69, 9.17) is 14.2 Å². The fourth-order valence-corrected chi connectivity index (χ4v) is 3.41. The van der Waals surface area contributed by atoms with Gasteiger partial charge in [-0.1, -0.05) is 47.7 Å². The van der Waals surface area contributed by atoms with Crippen LogP contribution in [0.1, 0.15) is 52.4 Å². The maximum absolute atomic E-state index is 5.99. The van der Waals surface area contributed by atoms with E-state index in [-0.39, 0.29) is 6.10 Å². The first-order chi connectivity index (χ1) is 12.7. The molecule has 0 amide bonds. The molecule has 2 rings (SSSR count). The highest BCUT2D eigenvalue weighted by atomic mass is 79.9. The lowest BCUT2D eigenvalue weighted by atomic mass is 10.1. The number of hydrogen-bond acceptors (Lipinski definition) is 3. The molecule has 0 aliphatic rings. The van der Waals surface area contributed by atoms with Gasteiger partial charge in [0.2, 0.25) is 0 Å². The summed E-state index contributed by atoms with van der Waals surface area (Å²) in [6, 6.07) is 10.1. The molecule has 4 heteroatoms. The smallest absolute Gasteiger partial charge is 0.168 e. The maximum atomic E-state index is 5.99. The highest BCUT2D eigenvalue weighted by Crippen LogP contribution is 2.37. The van der Waals surface area contributed by atoms with E-state index in [0.717, 1.165) is 46.4 Å². The summed E-state index contributed by atoms with van der Waals surface area (Å²) in [6.45, 7) is 4.79. The lowest BCUT2D eigenvalue weighted by molar-refractivity contribution is 0.242. The van der Waals surface area contributed by atoms with Crippen molar-refractivity contribution in [2.75, 3.05) is 19.0 Å². The number of unbranched alkanes of at least 4 members (excludes halogenated alkanes) is 5. The average Bonchev–Trinajstić information content (AvgIpc) is 2.63. The molecule has 0 bridgehead atoms. The number of benzene rings is 2. The summed E-state index contributed by atoms with van der Waals surface area (Å²) in [5.74, 6) is 2.50. The van der Waals surface area contributed by atoms with Gasteiger partial charge in [0.15, 0.2) is 11.5 Å². The molecule has 0 heterocycles. The minimum Gasteiger partial charge on any atom is -0.492 e. The second-order valence-electron chi connectivity index (χ2n) is 6.81. The first kappa shape index (κ1) is 20.9. The van der Waals surface area contributed by atoms with Crippen molar-refractivity contribution < 1.29 is 14.2 Å². The molecule has 0 aromatic heterocycles. The van der Waals surface area contributed by atoms with Gasteiger partial charge in [-0.15, -0.1) is 0 Å². The van der Waals surface area contributed by atoms with Gasteiger partial charge < -0.3 is 14.2 Å². The number of ether oxygens (including phenoxy) is 3. The molecule has 0 unspecified atom stereocenters. The number of halogens is 1. The predicted octanol–water partition coefficient (Wildman–Crippen LogP) is 6.75. The SMILES string of the molecule is COc1c(OCCCCCCCCBr)ccc2cc(OC(C)C)ccc12. The molecule has 26 heavy (non-hydrogen) atoms. The zero-order valence-electron chi connectivity index (χ0n) is 16.2. The predicted molar refractivity (Wildman–Crippen MR) is 113 cm³/mol. The summed E-state index contributed by atoms with van der Waals surface area (Å²) >= 11 is 3.48. The van der Waals surface area contributed by atoms with Crippen LogP contribution in [0.5, 0.6) is 17.2 Å². The van der Waals surface area contributed by atoms with E-state index >= 15 is 0 Å². The molecule has 0 radical (unpaired) electrons. The molecule has 3 nitrogen and oxygen atoms in total. The van der Waals surface area contributed by atoms with E-state index in [9.17, 15) is 0 Å². The third-order valence-corrected chi connectivity index (χ3v) is 4.83. The van der Waals surface area contributed by atoms with Crippen molar-refractivity contribution in [2.45, 2.75) is 58.5 Å². The van der Waals surface area contributed by atoms with Crippen LogP contribution in [-0.2, 0) is 0 Å². The number of fused-ring (bicyclic) bond motifs is 1. The van der Waals surface area contributed by atoms with Crippen molar-refractivity contribution in [1.82, 2.24) is 0 Å². The van der Waals surface area contributed by atoms with Gasteiger partial charge in [0.25, 0.3) is 0 Å². The highest BCUT2D eigenvalue weighted by Gasteiger charge is 2.11. The first-order valence-corrected chi connectivity index (χ1v) is 10.7. The Morgan fingerprint density at radius 1 is 0.923 bits per heavy atom. The second-order valence-corrected chi connectivity index (χ2v) is 7.60. The number of alkyl halides is 1. The largest absolute Gasteiger partial charge is 0.492 e. The standard InChI is InChI=1S/C22H31BrO3/c1-17(2)26-19-11-12-20-18(16-19)10-13-21(22(20)24-3)25-15-9-7-5-4-6-8-14-23/h10-13,16-17H,4-9,14-15H2,1-3H3. The number of methoxy groups -OCH3 is 1. The van der Waals surface area contributed by atoms with Crippen LogP contribution in [0, 0.1) is 0 Å². The third-order valence-electron chi connectivity index (χ3n) is 4.27. The molecular weight excluding hydrogens is 392 g/mol. The molecule has 0 fully saturated rings. The van der Waals surface area contributed by atoms with E-state index < -0.39 is 0 Å². The van der Waals surface area contributed by atoms with Crippen molar-refractivity contribution in [3.05, 3.63) is 30.3 Å². The monoisotopic (exact) mass is 422 g/mol. The molecule has 144 valence electrons. The molecule has 2 aromatic carbocycles. The van der Waals surface area contributed by atoms with Gasteiger partial charge in [0.1, 0.15) is 5.75 Å². The summed E-state index contributed by atoms with van der Waals surface area (Å²) in [5, 5.41) is 3.26. The first-order valence-electron chi connectivity index (χ1n) is 9.62. The van der Waals surface area contributed by atoms with Gasteiger partial charge in [0.05, 0.1) is 19.8 Å². The van der Waals surface area contributed by atoms with E-state index in [1.807, 2.05) is 32.0 Å². The Kier molecular flexibility index (Phi) is 9.10. The lowest BCUT2D eigenvalue weighted by Gasteiger charge is -2.15. The van der Waals surface area contributed by atoms with Gasteiger partial charge >= 0.3 is 0 Å². The van der Waals surface area contributed by atoms with E-state index in [1.165, 1.54) is 32.1 Å². The molecule has 0 atom stereocenters. The molecule has 2 aromatic rings. The molecule has 0 saturated carbocycles. The summed E-state index contributed by atoms with van der Waals surface area (Å²) in [6.07, 6.45) is 7.64. The van der Waals surface area contributed by atoms with Crippen LogP contribution >= 0.6 is 15.9 Å². The Morgan fingerprint density at radius 3 is 2.35 bits per heavy atom. The molecule has 0 aliphatic carbocycles. The minimum absolute atomic E-state index is 0.163. The van der Waals surface area contributed by atoms with Gasteiger partial charge in [-0.05, 0) is 56.3 Å². The summed E-state index contributed by atoms with van der Waals surface area (Å²) in [5.41, 5.74) is 0. The Bertz CT molecular complexity index is 670. The van der Waals surface area contributed by atoms with Crippen LogP contribution in [0.15, 0.2) is 30.3 Å². The van der Waals surface area contributed by atoms with Gasteiger partial charge in [-0.25, -0.2) is 0 Å². The Hall–Kier alpha value is -1.42.